The molecule has 5 heteroatoms. The fourth-order valence-electron chi connectivity index (χ4n) is 2.13. The molecule has 0 bridgehead atoms. The van der Waals surface area contributed by atoms with Gasteiger partial charge in [0.25, 0.3) is 0 Å². The van der Waals surface area contributed by atoms with Gasteiger partial charge in [0.05, 0.1) is 10.7 Å². The number of hydrogen-bond acceptors (Lipinski definition) is 2. The highest BCUT2D eigenvalue weighted by Gasteiger charge is 2.07. The van der Waals surface area contributed by atoms with E-state index >= 15 is 0 Å². The number of hydrogen-bond donors (Lipinski definition) is 0. The molecule has 0 spiro atoms. The molecular formula is C18H12Cl2FNO. The predicted molar refractivity (Wildman–Crippen MR) is 90.4 cm³/mol. The Morgan fingerprint density at radius 1 is 0.957 bits per heavy atom. The number of pyridine rings is 1. The van der Waals surface area contributed by atoms with Gasteiger partial charge in [0.1, 0.15) is 23.3 Å². The van der Waals surface area contributed by atoms with Crippen molar-refractivity contribution < 1.29 is 9.13 Å². The van der Waals surface area contributed by atoms with Crippen LogP contribution in [-0.4, -0.2) is 4.98 Å². The van der Waals surface area contributed by atoms with Crippen molar-refractivity contribution in [3.8, 4) is 17.0 Å². The second-order valence-electron chi connectivity index (χ2n) is 4.91. The van der Waals surface area contributed by atoms with Gasteiger partial charge in [-0.1, -0.05) is 41.4 Å². The van der Waals surface area contributed by atoms with E-state index in [9.17, 15) is 4.39 Å². The third kappa shape index (κ3) is 4.01. The van der Waals surface area contributed by atoms with E-state index in [1.165, 1.54) is 12.1 Å². The highest BCUT2D eigenvalue weighted by atomic mass is 35.5. The van der Waals surface area contributed by atoms with Crippen molar-refractivity contribution in [2.24, 2.45) is 0 Å². The SMILES string of the molecule is Fc1cccc(COc2ccc(-c3cccc(Cl)n3)cc2Cl)c1. The molecule has 2 aromatic carbocycles. The maximum absolute atomic E-state index is 13.1. The van der Waals surface area contributed by atoms with Crippen molar-refractivity contribution in [2.75, 3.05) is 0 Å². The summed E-state index contributed by atoms with van der Waals surface area (Å²) >= 11 is 12.2. The third-order valence-corrected chi connectivity index (χ3v) is 3.73. The van der Waals surface area contributed by atoms with Gasteiger partial charge < -0.3 is 4.74 Å². The van der Waals surface area contributed by atoms with Crippen LogP contribution in [0.5, 0.6) is 5.75 Å². The van der Waals surface area contributed by atoms with Crippen LogP contribution in [-0.2, 0) is 6.61 Å². The minimum Gasteiger partial charge on any atom is -0.487 e. The molecule has 0 saturated heterocycles. The second kappa shape index (κ2) is 6.99. The van der Waals surface area contributed by atoms with Crippen molar-refractivity contribution in [3.63, 3.8) is 0 Å². The average Bonchev–Trinajstić information content (AvgIpc) is 2.54. The van der Waals surface area contributed by atoms with E-state index in [0.29, 0.717) is 15.9 Å². The van der Waals surface area contributed by atoms with E-state index in [1.807, 2.05) is 18.2 Å². The lowest BCUT2D eigenvalue weighted by molar-refractivity contribution is 0.306. The van der Waals surface area contributed by atoms with Crippen molar-refractivity contribution in [2.45, 2.75) is 6.61 Å². The van der Waals surface area contributed by atoms with Gasteiger partial charge in [0.2, 0.25) is 0 Å². The Morgan fingerprint density at radius 2 is 1.78 bits per heavy atom. The standard InChI is InChI=1S/C18H12Cl2FNO/c19-15-10-13(16-5-2-6-18(20)22-16)7-8-17(15)23-11-12-3-1-4-14(21)9-12/h1-10H,11H2. The van der Waals surface area contributed by atoms with Gasteiger partial charge in [0.15, 0.2) is 0 Å². The minimum absolute atomic E-state index is 0.242. The van der Waals surface area contributed by atoms with Gasteiger partial charge in [-0.15, -0.1) is 0 Å². The van der Waals surface area contributed by atoms with Crippen molar-refractivity contribution in [1.82, 2.24) is 4.98 Å². The first-order chi connectivity index (χ1) is 11.1. The Hall–Kier alpha value is -2.10. The van der Waals surface area contributed by atoms with Gasteiger partial charge in [-0.05, 0) is 48.0 Å². The maximum Gasteiger partial charge on any atom is 0.138 e. The van der Waals surface area contributed by atoms with Crippen molar-refractivity contribution in [3.05, 3.63) is 82.2 Å². The predicted octanol–water partition coefficient (Wildman–Crippen LogP) is 5.77. The lowest BCUT2D eigenvalue weighted by Gasteiger charge is -2.10. The summed E-state index contributed by atoms with van der Waals surface area (Å²) in [5.74, 6) is 0.237. The maximum atomic E-state index is 13.1. The van der Waals surface area contributed by atoms with E-state index in [1.54, 1.807) is 30.3 Å². The van der Waals surface area contributed by atoms with Crippen LogP contribution in [0.15, 0.2) is 60.7 Å². The molecule has 0 N–H and O–H groups in total. The number of benzene rings is 2. The number of ether oxygens (including phenoxy) is 1. The molecular weight excluding hydrogens is 336 g/mol. The number of nitrogens with zero attached hydrogens (tertiary/aromatic N) is 1. The molecule has 1 aromatic heterocycles. The molecule has 0 aliphatic carbocycles. The quantitative estimate of drug-likeness (QED) is 0.558. The Balaban J connectivity index is 1.77. The van der Waals surface area contributed by atoms with Gasteiger partial charge >= 0.3 is 0 Å². The minimum atomic E-state index is -0.292. The van der Waals surface area contributed by atoms with E-state index in [2.05, 4.69) is 4.98 Å². The first kappa shape index (κ1) is 15.8. The zero-order valence-electron chi connectivity index (χ0n) is 12.0. The molecule has 23 heavy (non-hydrogen) atoms. The van der Waals surface area contributed by atoms with E-state index in [4.69, 9.17) is 27.9 Å². The summed E-state index contributed by atoms with van der Waals surface area (Å²) in [6.07, 6.45) is 0. The van der Waals surface area contributed by atoms with Gasteiger partial charge in [-0.2, -0.15) is 0 Å². The third-order valence-electron chi connectivity index (χ3n) is 3.23. The molecule has 1 heterocycles. The Kier molecular flexibility index (Phi) is 4.79. The fraction of sp³-hybridized carbons (Fsp3) is 0.0556. The molecule has 116 valence electrons. The average molecular weight is 348 g/mol. The summed E-state index contributed by atoms with van der Waals surface area (Å²) in [6, 6.07) is 17.0. The molecule has 3 aromatic rings. The van der Waals surface area contributed by atoms with Crippen LogP contribution in [0, 0.1) is 5.82 Å². The number of aromatic nitrogens is 1. The highest BCUT2D eigenvalue weighted by Crippen LogP contribution is 2.30. The summed E-state index contributed by atoms with van der Waals surface area (Å²) < 4.78 is 18.8. The zero-order valence-corrected chi connectivity index (χ0v) is 13.5. The highest BCUT2D eigenvalue weighted by molar-refractivity contribution is 6.32. The number of halogens is 3. The topological polar surface area (TPSA) is 22.1 Å². The zero-order chi connectivity index (χ0) is 16.2. The second-order valence-corrected chi connectivity index (χ2v) is 5.70. The molecule has 0 atom stereocenters. The first-order valence-electron chi connectivity index (χ1n) is 6.91. The molecule has 2 nitrogen and oxygen atoms in total. The number of rotatable bonds is 4. The van der Waals surface area contributed by atoms with Crippen LogP contribution in [0.1, 0.15) is 5.56 Å². The van der Waals surface area contributed by atoms with Gasteiger partial charge in [-0.3, -0.25) is 0 Å². The molecule has 0 saturated carbocycles. The summed E-state index contributed by atoms with van der Waals surface area (Å²) in [7, 11) is 0. The summed E-state index contributed by atoms with van der Waals surface area (Å²) in [5, 5.41) is 0.880. The van der Waals surface area contributed by atoms with Crippen LogP contribution >= 0.6 is 23.2 Å². The lowest BCUT2D eigenvalue weighted by Crippen LogP contribution is -1.96. The molecule has 0 fully saturated rings. The first-order valence-corrected chi connectivity index (χ1v) is 7.67. The molecule has 0 unspecified atom stereocenters. The molecule has 0 radical (unpaired) electrons. The molecule has 3 rings (SSSR count). The molecule has 0 amide bonds. The normalized spacial score (nSPS) is 10.6. The van der Waals surface area contributed by atoms with E-state index in [-0.39, 0.29) is 12.4 Å². The summed E-state index contributed by atoms with van der Waals surface area (Å²) in [4.78, 5) is 4.24. The van der Waals surface area contributed by atoms with Crippen LogP contribution in [0.2, 0.25) is 10.2 Å². The van der Waals surface area contributed by atoms with E-state index < -0.39 is 0 Å². The van der Waals surface area contributed by atoms with Gasteiger partial charge in [-0.25, -0.2) is 9.37 Å². The van der Waals surface area contributed by atoms with Crippen LogP contribution in [0.3, 0.4) is 0 Å². The summed E-state index contributed by atoms with van der Waals surface area (Å²) in [5.41, 5.74) is 2.31. The van der Waals surface area contributed by atoms with Crippen LogP contribution in [0.4, 0.5) is 4.39 Å². The smallest absolute Gasteiger partial charge is 0.138 e. The monoisotopic (exact) mass is 347 g/mol. The molecule has 0 aliphatic heterocycles. The van der Waals surface area contributed by atoms with Crippen molar-refractivity contribution in [1.29, 1.82) is 0 Å². The van der Waals surface area contributed by atoms with Crippen LogP contribution < -0.4 is 4.74 Å². The lowest BCUT2D eigenvalue weighted by atomic mass is 10.1. The Bertz CT molecular complexity index is 839. The Labute approximate surface area is 143 Å². The largest absolute Gasteiger partial charge is 0.487 e. The fourth-order valence-corrected chi connectivity index (χ4v) is 2.53. The summed E-state index contributed by atoms with van der Waals surface area (Å²) in [6.45, 7) is 0.242. The van der Waals surface area contributed by atoms with Crippen molar-refractivity contribution >= 4 is 23.2 Å². The Morgan fingerprint density at radius 3 is 2.52 bits per heavy atom. The van der Waals surface area contributed by atoms with E-state index in [0.717, 1.165) is 16.8 Å². The van der Waals surface area contributed by atoms with Gasteiger partial charge in [0, 0.05) is 5.56 Å². The van der Waals surface area contributed by atoms with Crippen LogP contribution in [0.25, 0.3) is 11.3 Å². The molecule has 0 aliphatic rings.